The number of hydrogen-bond acceptors (Lipinski definition) is 3. The van der Waals surface area contributed by atoms with Gasteiger partial charge in [-0.2, -0.15) is 0 Å². The minimum atomic E-state index is -0.243. The summed E-state index contributed by atoms with van der Waals surface area (Å²) in [4.78, 5) is 13.5. The maximum absolute atomic E-state index is 12.3. The van der Waals surface area contributed by atoms with Crippen LogP contribution in [0.5, 0.6) is 0 Å². The molecule has 3 heteroatoms. The van der Waals surface area contributed by atoms with E-state index in [1.165, 1.54) is 4.88 Å². The molecular weight excluding hydrogens is 206 g/mol. The Morgan fingerprint density at radius 2 is 2.20 bits per heavy atom. The van der Waals surface area contributed by atoms with Crippen molar-refractivity contribution in [1.82, 2.24) is 0 Å². The summed E-state index contributed by atoms with van der Waals surface area (Å²) in [5.74, 6) is 0.270. The first kappa shape index (κ1) is 10.8. The SMILES string of the molecule is Cc1cc(C(=O)C2(CN)CCCC2)cs1. The summed E-state index contributed by atoms with van der Waals surface area (Å²) in [6.07, 6.45) is 4.23. The molecule has 1 fully saturated rings. The van der Waals surface area contributed by atoms with Crippen molar-refractivity contribution < 1.29 is 4.79 Å². The van der Waals surface area contributed by atoms with E-state index in [4.69, 9.17) is 5.73 Å². The maximum Gasteiger partial charge on any atom is 0.171 e. The van der Waals surface area contributed by atoms with Crippen LogP contribution < -0.4 is 5.73 Å². The molecule has 0 amide bonds. The van der Waals surface area contributed by atoms with E-state index in [1.807, 2.05) is 18.4 Å². The minimum absolute atomic E-state index is 0.243. The summed E-state index contributed by atoms with van der Waals surface area (Å²) < 4.78 is 0. The summed E-state index contributed by atoms with van der Waals surface area (Å²) in [5.41, 5.74) is 6.42. The van der Waals surface area contributed by atoms with Gasteiger partial charge in [0, 0.05) is 27.8 Å². The van der Waals surface area contributed by atoms with Crippen molar-refractivity contribution in [3.05, 3.63) is 21.9 Å². The van der Waals surface area contributed by atoms with E-state index in [0.29, 0.717) is 6.54 Å². The summed E-state index contributed by atoms with van der Waals surface area (Å²) in [6.45, 7) is 2.53. The van der Waals surface area contributed by atoms with Crippen LogP contribution in [0, 0.1) is 12.3 Å². The first-order valence-corrected chi connectivity index (χ1v) is 6.36. The largest absolute Gasteiger partial charge is 0.329 e. The van der Waals surface area contributed by atoms with Crippen molar-refractivity contribution in [2.24, 2.45) is 11.1 Å². The zero-order chi connectivity index (χ0) is 10.9. The Hall–Kier alpha value is -0.670. The summed E-state index contributed by atoms with van der Waals surface area (Å²) >= 11 is 1.64. The highest BCUT2D eigenvalue weighted by molar-refractivity contribution is 7.10. The van der Waals surface area contributed by atoms with Gasteiger partial charge in [0.25, 0.3) is 0 Å². The van der Waals surface area contributed by atoms with Gasteiger partial charge in [0.2, 0.25) is 0 Å². The molecule has 2 rings (SSSR count). The Balaban J connectivity index is 2.26. The fraction of sp³-hybridized carbons (Fsp3) is 0.583. The molecule has 0 aliphatic heterocycles. The van der Waals surface area contributed by atoms with Gasteiger partial charge in [-0.1, -0.05) is 12.8 Å². The molecule has 1 aromatic rings. The quantitative estimate of drug-likeness (QED) is 0.801. The number of thiophene rings is 1. The second-order valence-corrected chi connectivity index (χ2v) is 5.58. The predicted molar refractivity (Wildman–Crippen MR) is 63.3 cm³/mol. The molecule has 0 spiro atoms. The van der Waals surface area contributed by atoms with Crippen LogP contribution in [0.15, 0.2) is 11.4 Å². The summed E-state index contributed by atoms with van der Waals surface area (Å²) in [6, 6.07) is 1.99. The Morgan fingerprint density at radius 3 is 2.67 bits per heavy atom. The molecule has 1 aromatic heterocycles. The molecule has 1 aliphatic rings. The predicted octanol–water partition coefficient (Wildman–Crippen LogP) is 2.76. The smallest absolute Gasteiger partial charge is 0.171 e. The van der Waals surface area contributed by atoms with Crippen LogP contribution in [0.1, 0.15) is 40.9 Å². The number of hydrogen-bond donors (Lipinski definition) is 1. The average molecular weight is 223 g/mol. The third-order valence-electron chi connectivity index (χ3n) is 3.43. The fourth-order valence-electron chi connectivity index (χ4n) is 2.44. The van der Waals surface area contributed by atoms with Crippen LogP contribution in [-0.2, 0) is 0 Å². The van der Waals surface area contributed by atoms with Gasteiger partial charge in [0.1, 0.15) is 0 Å². The molecule has 0 bridgehead atoms. The maximum atomic E-state index is 12.3. The summed E-state index contributed by atoms with van der Waals surface area (Å²) in [5, 5.41) is 1.97. The standard InChI is InChI=1S/C12H17NOS/c1-9-6-10(7-15-9)11(14)12(8-13)4-2-3-5-12/h6-7H,2-5,8,13H2,1H3. The van der Waals surface area contributed by atoms with Crippen LogP contribution in [0.3, 0.4) is 0 Å². The van der Waals surface area contributed by atoms with E-state index in [-0.39, 0.29) is 11.2 Å². The molecule has 0 unspecified atom stereocenters. The third-order valence-corrected chi connectivity index (χ3v) is 4.29. The zero-order valence-corrected chi connectivity index (χ0v) is 9.90. The summed E-state index contributed by atoms with van der Waals surface area (Å²) in [7, 11) is 0. The molecular formula is C12H17NOS. The van der Waals surface area contributed by atoms with Gasteiger partial charge in [-0.05, 0) is 25.8 Å². The number of aryl methyl sites for hydroxylation is 1. The lowest BCUT2D eigenvalue weighted by Gasteiger charge is -2.24. The highest BCUT2D eigenvalue weighted by Crippen LogP contribution is 2.40. The van der Waals surface area contributed by atoms with Crippen LogP contribution in [-0.4, -0.2) is 12.3 Å². The molecule has 0 atom stereocenters. The van der Waals surface area contributed by atoms with E-state index in [1.54, 1.807) is 11.3 Å². The Kier molecular flexibility index (Phi) is 2.94. The van der Waals surface area contributed by atoms with Crippen molar-refractivity contribution >= 4 is 17.1 Å². The number of rotatable bonds is 3. The van der Waals surface area contributed by atoms with Crippen LogP contribution in [0.25, 0.3) is 0 Å². The topological polar surface area (TPSA) is 43.1 Å². The molecule has 0 saturated heterocycles. The molecule has 1 saturated carbocycles. The fourth-order valence-corrected chi connectivity index (χ4v) is 3.13. The Labute approximate surface area is 94.5 Å². The highest BCUT2D eigenvalue weighted by Gasteiger charge is 2.40. The lowest BCUT2D eigenvalue weighted by Crippen LogP contribution is -2.35. The van der Waals surface area contributed by atoms with Crippen LogP contribution in [0.4, 0.5) is 0 Å². The van der Waals surface area contributed by atoms with Gasteiger partial charge < -0.3 is 5.73 Å². The Bertz CT molecular complexity index is 363. The van der Waals surface area contributed by atoms with Crippen LogP contribution in [0.2, 0.25) is 0 Å². The molecule has 1 heterocycles. The van der Waals surface area contributed by atoms with Crippen molar-refractivity contribution in [3.63, 3.8) is 0 Å². The van der Waals surface area contributed by atoms with Gasteiger partial charge in [0.15, 0.2) is 5.78 Å². The number of ketones is 1. The molecule has 1 aliphatic carbocycles. The van der Waals surface area contributed by atoms with Crippen molar-refractivity contribution in [2.45, 2.75) is 32.6 Å². The third kappa shape index (κ3) is 1.86. The molecule has 2 N–H and O–H groups in total. The minimum Gasteiger partial charge on any atom is -0.329 e. The van der Waals surface area contributed by atoms with Gasteiger partial charge in [-0.25, -0.2) is 0 Å². The number of Topliss-reactive ketones (excluding diaryl/α,β-unsaturated/α-hetero) is 1. The van der Waals surface area contributed by atoms with E-state index in [0.717, 1.165) is 31.2 Å². The van der Waals surface area contributed by atoms with E-state index in [9.17, 15) is 4.79 Å². The lowest BCUT2D eigenvalue weighted by molar-refractivity contribution is 0.0810. The molecule has 82 valence electrons. The molecule has 0 radical (unpaired) electrons. The van der Waals surface area contributed by atoms with Gasteiger partial charge >= 0.3 is 0 Å². The monoisotopic (exact) mass is 223 g/mol. The van der Waals surface area contributed by atoms with Crippen molar-refractivity contribution in [2.75, 3.05) is 6.54 Å². The van der Waals surface area contributed by atoms with E-state index in [2.05, 4.69) is 0 Å². The Morgan fingerprint density at radius 1 is 1.53 bits per heavy atom. The number of nitrogens with two attached hydrogens (primary N) is 1. The zero-order valence-electron chi connectivity index (χ0n) is 9.08. The van der Waals surface area contributed by atoms with E-state index >= 15 is 0 Å². The molecule has 15 heavy (non-hydrogen) atoms. The molecule has 2 nitrogen and oxygen atoms in total. The number of carbonyl (C=O) groups excluding carboxylic acids is 1. The van der Waals surface area contributed by atoms with Gasteiger partial charge in [0.05, 0.1) is 0 Å². The second-order valence-electron chi connectivity index (χ2n) is 4.47. The normalized spacial score (nSPS) is 19.3. The lowest BCUT2D eigenvalue weighted by atomic mass is 9.79. The second kappa shape index (κ2) is 4.06. The van der Waals surface area contributed by atoms with Gasteiger partial charge in [-0.3, -0.25) is 4.79 Å². The van der Waals surface area contributed by atoms with Crippen LogP contribution >= 0.6 is 11.3 Å². The van der Waals surface area contributed by atoms with Gasteiger partial charge in [-0.15, -0.1) is 11.3 Å². The first-order valence-electron chi connectivity index (χ1n) is 5.48. The van der Waals surface area contributed by atoms with Crippen molar-refractivity contribution in [3.8, 4) is 0 Å². The van der Waals surface area contributed by atoms with Crippen molar-refractivity contribution in [1.29, 1.82) is 0 Å². The molecule has 0 aromatic carbocycles. The highest BCUT2D eigenvalue weighted by atomic mass is 32.1. The number of carbonyl (C=O) groups is 1. The van der Waals surface area contributed by atoms with E-state index < -0.39 is 0 Å². The first-order chi connectivity index (χ1) is 7.18. The average Bonchev–Trinajstić information content (AvgIpc) is 2.86.